The molecule has 0 amide bonds. The van der Waals surface area contributed by atoms with Gasteiger partial charge in [-0.3, -0.25) is 4.72 Å². The monoisotopic (exact) mass is 315 g/mol. The lowest BCUT2D eigenvalue weighted by atomic mass is 10.0. The number of hydrogen-bond acceptors (Lipinski definition) is 3. The zero-order chi connectivity index (χ0) is 15.6. The van der Waals surface area contributed by atoms with Crippen molar-refractivity contribution in [2.45, 2.75) is 19.8 Å². The van der Waals surface area contributed by atoms with Gasteiger partial charge in [0.05, 0.1) is 5.69 Å². The van der Waals surface area contributed by atoms with Gasteiger partial charge in [0.25, 0.3) is 0 Å². The number of rotatable bonds is 3. The lowest BCUT2D eigenvalue weighted by Crippen LogP contribution is -2.37. The quantitative estimate of drug-likeness (QED) is 0.938. The highest BCUT2D eigenvalue weighted by Crippen LogP contribution is 2.18. The summed E-state index contributed by atoms with van der Waals surface area (Å²) in [4.78, 5) is 4.11. The van der Waals surface area contributed by atoms with Gasteiger partial charge < -0.3 is 0 Å². The molecule has 114 valence electrons. The van der Waals surface area contributed by atoms with E-state index in [4.69, 9.17) is 0 Å². The Balaban J connectivity index is 1.76. The van der Waals surface area contributed by atoms with Crippen molar-refractivity contribution < 1.29 is 8.42 Å². The van der Waals surface area contributed by atoms with Gasteiger partial charge in [0.2, 0.25) is 0 Å². The Kier molecular flexibility index (Phi) is 4.01. The molecule has 2 aromatic rings. The van der Waals surface area contributed by atoms with Crippen LogP contribution in [0.4, 0.5) is 5.82 Å². The molecule has 22 heavy (non-hydrogen) atoms. The van der Waals surface area contributed by atoms with Gasteiger partial charge in [0.15, 0.2) is 0 Å². The van der Waals surface area contributed by atoms with E-state index < -0.39 is 10.2 Å². The van der Waals surface area contributed by atoms with E-state index in [1.54, 1.807) is 6.92 Å². The van der Waals surface area contributed by atoms with E-state index >= 15 is 0 Å². The molecule has 5 nitrogen and oxygen atoms in total. The van der Waals surface area contributed by atoms with Gasteiger partial charge in [-0.2, -0.15) is 12.7 Å². The number of fused-ring (bicyclic) bond motifs is 1. The fourth-order valence-corrected chi connectivity index (χ4v) is 3.75. The van der Waals surface area contributed by atoms with Crippen molar-refractivity contribution in [3.05, 3.63) is 59.3 Å². The van der Waals surface area contributed by atoms with E-state index in [9.17, 15) is 8.42 Å². The second-order valence-corrected chi connectivity index (χ2v) is 6.94. The van der Waals surface area contributed by atoms with Gasteiger partial charge in [-0.05, 0) is 37.0 Å². The summed E-state index contributed by atoms with van der Waals surface area (Å²) in [7, 11) is -3.61. The predicted molar refractivity (Wildman–Crippen MR) is 84.6 cm³/mol. The van der Waals surface area contributed by atoms with E-state index in [0.29, 0.717) is 18.8 Å². The normalized spacial score (nSPS) is 15.5. The Morgan fingerprint density at radius 1 is 1.18 bits per heavy atom. The van der Waals surface area contributed by atoms with Crippen LogP contribution in [0.3, 0.4) is 0 Å². The fraction of sp³-hybridized carbons (Fsp3) is 0.312. The zero-order valence-electron chi connectivity index (χ0n) is 12.3. The fourth-order valence-electron chi connectivity index (χ4n) is 2.59. The van der Waals surface area contributed by atoms with Gasteiger partial charge in [0.1, 0.15) is 5.82 Å². The number of benzene rings is 1. The first-order chi connectivity index (χ1) is 10.5. The average molecular weight is 315 g/mol. The van der Waals surface area contributed by atoms with Gasteiger partial charge in [-0.1, -0.05) is 30.3 Å². The van der Waals surface area contributed by atoms with Gasteiger partial charge in [0, 0.05) is 19.2 Å². The minimum Gasteiger partial charge on any atom is -0.254 e. The third-order valence-electron chi connectivity index (χ3n) is 3.70. The SMILES string of the molecule is Cc1c#ccc(NS(=O)(=O)N2CCc3ccccc3CC2)n1. The van der Waals surface area contributed by atoms with E-state index in [2.05, 4.69) is 34.0 Å². The van der Waals surface area contributed by atoms with Crippen LogP contribution in [0.1, 0.15) is 16.8 Å². The number of aromatic nitrogens is 1. The minimum absolute atomic E-state index is 0.276. The topological polar surface area (TPSA) is 62.3 Å². The van der Waals surface area contributed by atoms with Crippen LogP contribution in [-0.2, 0) is 23.1 Å². The van der Waals surface area contributed by atoms with Crippen LogP contribution in [0.25, 0.3) is 0 Å². The molecule has 0 saturated heterocycles. The maximum absolute atomic E-state index is 12.5. The Morgan fingerprint density at radius 2 is 1.82 bits per heavy atom. The number of hydrogen-bond donors (Lipinski definition) is 1. The number of nitrogens with one attached hydrogen (secondary N) is 1. The van der Waals surface area contributed by atoms with Crippen LogP contribution in [0.15, 0.2) is 30.3 Å². The van der Waals surface area contributed by atoms with Crippen molar-refractivity contribution in [3.8, 4) is 0 Å². The minimum atomic E-state index is -3.61. The van der Waals surface area contributed by atoms with Crippen LogP contribution in [0, 0.1) is 19.1 Å². The van der Waals surface area contributed by atoms with Crippen LogP contribution < -0.4 is 4.72 Å². The molecule has 0 spiro atoms. The Labute approximate surface area is 131 Å². The van der Waals surface area contributed by atoms with Crippen molar-refractivity contribution in [1.82, 2.24) is 9.29 Å². The first-order valence-corrected chi connectivity index (χ1v) is 8.60. The second-order valence-electron chi connectivity index (χ2n) is 5.27. The standard InChI is InChI=1S/C16H17N3O2S/c1-13-5-4-8-16(17-13)18-22(20,21)19-11-9-14-6-2-3-7-15(14)10-12-19/h2-3,6-8H,9-12H2,1H3,(H,17,18). The Hall–Kier alpha value is -2.10. The van der Waals surface area contributed by atoms with Crippen molar-refractivity contribution in [2.75, 3.05) is 17.8 Å². The molecular formula is C16H17N3O2S. The summed E-state index contributed by atoms with van der Waals surface area (Å²) in [6.07, 6.45) is 1.44. The molecule has 1 aliphatic rings. The molecule has 0 fully saturated rings. The van der Waals surface area contributed by atoms with Crippen molar-refractivity contribution in [1.29, 1.82) is 0 Å². The molecular weight excluding hydrogens is 298 g/mol. The van der Waals surface area contributed by atoms with Crippen molar-refractivity contribution in [3.63, 3.8) is 0 Å². The van der Waals surface area contributed by atoms with E-state index in [-0.39, 0.29) is 5.82 Å². The van der Waals surface area contributed by atoms with Crippen LogP contribution in [0.2, 0.25) is 0 Å². The lowest BCUT2D eigenvalue weighted by Gasteiger charge is -2.20. The van der Waals surface area contributed by atoms with Gasteiger partial charge in [-0.15, -0.1) is 0 Å². The molecule has 0 aliphatic carbocycles. The summed E-state index contributed by atoms with van der Waals surface area (Å²) in [5.74, 6) is 0.276. The predicted octanol–water partition coefficient (Wildman–Crippen LogP) is 1.75. The Morgan fingerprint density at radius 3 is 2.41 bits per heavy atom. The van der Waals surface area contributed by atoms with Crippen LogP contribution in [-0.4, -0.2) is 30.8 Å². The zero-order valence-corrected chi connectivity index (χ0v) is 13.2. The summed E-state index contributed by atoms with van der Waals surface area (Å²) < 4.78 is 29.0. The maximum Gasteiger partial charge on any atom is 0.302 e. The summed E-state index contributed by atoms with van der Waals surface area (Å²) >= 11 is 0. The molecule has 0 unspecified atom stereocenters. The highest BCUT2D eigenvalue weighted by atomic mass is 32.2. The first kappa shape index (κ1) is 14.8. The van der Waals surface area contributed by atoms with E-state index in [0.717, 1.165) is 12.8 Å². The van der Waals surface area contributed by atoms with E-state index in [1.807, 2.05) is 12.1 Å². The summed E-state index contributed by atoms with van der Waals surface area (Å²) in [6, 6.07) is 15.1. The lowest BCUT2D eigenvalue weighted by molar-refractivity contribution is 0.430. The van der Waals surface area contributed by atoms with Gasteiger partial charge in [-0.25, -0.2) is 4.98 Å². The van der Waals surface area contributed by atoms with Crippen LogP contribution >= 0.6 is 0 Å². The van der Waals surface area contributed by atoms with Crippen molar-refractivity contribution in [2.24, 2.45) is 0 Å². The second kappa shape index (κ2) is 5.95. The number of nitrogens with zero attached hydrogens (tertiary/aromatic N) is 2. The summed E-state index contributed by atoms with van der Waals surface area (Å²) in [5.41, 5.74) is 3.04. The highest BCUT2D eigenvalue weighted by Gasteiger charge is 2.24. The molecule has 1 N–H and O–H groups in total. The smallest absolute Gasteiger partial charge is 0.254 e. The van der Waals surface area contributed by atoms with E-state index in [1.165, 1.54) is 21.5 Å². The molecule has 2 heterocycles. The first-order valence-electron chi connectivity index (χ1n) is 7.16. The molecule has 1 aromatic heterocycles. The largest absolute Gasteiger partial charge is 0.302 e. The van der Waals surface area contributed by atoms with Crippen LogP contribution in [0.5, 0.6) is 0 Å². The van der Waals surface area contributed by atoms with Crippen molar-refractivity contribution >= 4 is 16.0 Å². The molecule has 0 atom stereocenters. The number of aryl methyl sites for hydroxylation is 1. The molecule has 0 saturated carbocycles. The number of anilines is 1. The summed E-state index contributed by atoms with van der Waals surface area (Å²) in [5, 5.41) is 0. The Bertz CT molecular complexity index is 747. The third-order valence-corrected chi connectivity index (χ3v) is 5.22. The highest BCUT2D eigenvalue weighted by molar-refractivity contribution is 7.90. The molecule has 1 aromatic carbocycles. The average Bonchev–Trinajstić information content (AvgIpc) is 2.69. The maximum atomic E-state index is 12.5. The third kappa shape index (κ3) is 3.21. The van der Waals surface area contributed by atoms with Gasteiger partial charge >= 0.3 is 10.2 Å². The molecule has 0 bridgehead atoms. The molecule has 6 heteroatoms. The summed E-state index contributed by atoms with van der Waals surface area (Å²) in [6.45, 7) is 2.68. The molecule has 0 radical (unpaired) electrons. The molecule has 1 aliphatic heterocycles. The molecule has 3 rings (SSSR count).